The number of hydrogen-bond donors (Lipinski definition) is 1. The molecule has 3 rings (SSSR count). The quantitative estimate of drug-likeness (QED) is 0.859. The molecular weight excluding hydrogens is 262 g/mol. The summed E-state index contributed by atoms with van der Waals surface area (Å²) in [6.07, 6.45) is 3.15. The van der Waals surface area contributed by atoms with Gasteiger partial charge in [-0.1, -0.05) is 0 Å². The van der Waals surface area contributed by atoms with Crippen molar-refractivity contribution in [2.75, 3.05) is 19.0 Å². The Balaban J connectivity index is 1.58. The molecule has 1 aromatic carbocycles. The number of carbonyl (C=O) groups is 1. The lowest BCUT2D eigenvalue weighted by Crippen LogP contribution is -2.26. The molecule has 1 amide bonds. The average molecular weight is 279 g/mol. The van der Waals surface area contributed by atoms with Crippen molar-refractivity contribution in [1.29, 1.82) is 0 Å². The van der Waals surface area contributed by atoms with Crippen LogP contribution >= 0.6 is 11.8 Å². The van der Waals surface area contributed by atoms with Crippen LogP contribution in [-0.2, 0) is 4.79 Å². The molecule has 1 fully saturated rings. The second-order valence-corrected chi connectivity index (χ2v) is 5.84. The van der Waals surface area contributed by atoms with E-state index in [1.54, 1.807) is 0 Å². The summed E-state index contributed by atoms with van der Waals surface area (Å²) in [6.45, 7) is 1.38. The van der Waals surface area contributed by atoms with E-state index in [0.29, 0.717) is 25.0 Å². The van der Waals surface area contributed by atoms with Gasteiger partial charge in [0.1, 0.15) is 0 Å². The molecule has 0 unspecified atom stereocenters. The van der Waals surface area contributed by atoms with Crippen molar-refractivity contribution in [2.45, 2.75) is 30.2 Å². The van der Waals surface area contributed by atoms with Gasteiger partial charge in [-0.25, -0.2) is 0 Å². The Morgan fingerprint density at radius 1 is 1.26 bits per heavy atom. The van der Waals surface area contributed by atoms with Crippen LogP contribution in [0.3, 0.4) is 0 Å². The third kappa shape index (κ3) is 3.56. The zero-order valence-corrected chi connectivity index (χ0v) is 11.5. The maximum atomic E-state index is 11.6. The van der Waals surface area contributed by atoms with Crippen LogP contribution in [0.5, 0.6) is 11.5 Å². The van der Waals surface area contributed by atoms with E-state index in [0.717, 1.165) is 35.7 Å². The number of thioether (sulfide) groups is 1. The van der Waals surface area contributed by atoms with Crippen LogP contribution in [0.4, 0.5) is 0 Å². The molecule has 4 nitrogen and oxygen atoms in total. The number of benzene rings is 1. The number of ether oxygens (including phenoxy) is 2. The van der Waals surface area contributed by atoms with Gasteiger partial charge in [0.2, 0.25) is 5.91 Å². The maximum Gasteiger partial charge on any atom is 0.230 e. The molecule has 1 heterocycles. The molecular formula is C14H17NO3S. The van der Waals surface area contributed by atoms with Gasteiger partial charge in [-0.15, -0.1) is 11.8 Å². The van der Waals surface area contributed by atoms with Crippen LogP contribution in [0.15, 0.2) is 23.1 Å². The number of fused-ring (bicyclic) bond motifs is 1. The van der Waals surface area contributed by atoms with E-state index in [9.17, 15) is 4.79 Å². The third-order valence-electron chi connectivity index (χ3n) is 3.03. The predicted octanol–water partition coefficient (Wildman–Crippen LogP) is 2.22. The molecule has 0 atom stereocenters. The molecule has 5 heteroatoms. The first-order chi connectivity index (χ1) is 9.31. The Hall–Kier alpha value is -1.36. The molecule has 0 bridgehead atoms. The van der Waals surface area contributed by atoms with Crippen LogP contribution in [0, 0.1) is 0 Å². The first-order valence-corrected chi connectivity index (χ1v) is 7.61. The van der Waals surface area contributed by atoms with Crippen LogP contribution in [0.25, 0.3) is 0 Å². The summed E-state index contributed by atoms with van der Waals surface area (Å²) in [5.41, 5.74) is 0. The minimum atomic E-state index is 0.111. The Morgan fingerprint density at radius 3 is 2.84 bits per heavy atom. The number of rotatable bonds is 4. The smallest absolute Gasteiger partial charge is 0.230 e. The van der Waals surface area contributed by atoms with Gasteiger partial charge in [0.15, 0.2) is 11.5 Å². The summed E-state index contributed by atoms with van der Waals surface area (Å²) in [6, 6.07) is 6.27. The van der Waals surface area contributed by atoms with Gasteiger partial charge in [0.05, 0.1) is 19.0 Å². The molecule has 1 N–H and O–H groups in total. The van der Waals surface area contributed by atoms with Crippen LogP contribution in [0.2, 0.25) is 0 Å². The first-order valence-electron chi connectivity index (χ1n) is 6.63. The summed E-state index contributed by atoms with van der Waals surface area (Å²) < 4.78 is 11.2. The van der Waals surface area contributed by atoms with E-state index in [2.05, 4.69) is 5.32 Å². The van der Waals surface area contributed by atoms with Gasteiger partial charge in [-0.3, -0.25) is 4.79 Å². The maximum absolute atomic E-state index is 11.6. The van der Waals surface area contributed by atoms with Gasteiger partial charge >= 0.3 is 0 Å². The highest BCUT2D eigenvalue weighted by molar-refractivity contribution is 8.00. The van der Waals surface area contributed by atoms with Gasteiger partial charge in [-0.2, -0.15) is 0 Å². The molecule has 0 radical (unpaired) electrons. The Labute approximate surface area is 116 Å². The first kappa shape index (κ1) is 12.7. The summed E-state index contributed by atoms with van der Waals surface area (Å²) in [5, 5.41) is 2.98. The zero-order chi connectivity index (χ0) is 13.1. The van der Waals surface area contributed by atoms with Crippen molar-refractivity contribution in [3.63, 3.8) is 0 Å². The molecule has 1 saturated carbocycles. The second-order valence-electron chi connectivity index (χ2n) is 4.79. The molecule has 2 aliphatic rings. The van der Waals surface area contributed by atoms with E-state index in [1.165, 1.54) is 11.8 Å². The Morgan fingerprint density at radius 2 is 2.05 bits per heavy atom. The molecule has 0 spiro atoms. The average Bonchev–Trinajstić information content (AvgIpc) is 3.22. The lowest BCUT2D eigenvalue weighted by Gasteiger charge is -2.09. The molecule has 0 saturated heterocycles. The highest BCUT2D eigenvalue weighted by Crippen LogP contribution is 2.33. The van der Waals surface area contributed by atoms with Gasteiger partial charge < -0.3 is 14.8 Å². The highest BCUT2D eigenvalue weighted by atomic mass is 32.2. The lowest BCUT2D eigenvalue weighted by molar-refractivity contribution is -0.118. The fourth-order valence-corrected chi connectivity index (χ4v) is 2.62. The lowest BCUT2D eigenvalue weighted by atomic mass is 10.3. The van der Waals surface area contributed by atoms with E-state index in [1.807, 2.05) is 18.2 Å². The topological polar surface area (TPSA) is 47.6 Å². The third-order valence-corrected chi connectivity index (χ3v) is 4.03. The van der Waals surface area contributed by atoms with Gasteiger partial charge in [0.25, 0.3) is 0 Å². The normalized spacial score (nSPS) is 17.7. The second kappa shape index (κ2) is 5.74. The monoisotopic (exact) mass is 279 g/mol. The standard InChI is InChI=1S/C14H17NO3S/c16-14(15-10-2-3-10)9-19-11-4-5-12-13(8-11)18-7-1-6-17-12/h4-5,8,10H,1-3,6-7,9H2,(H,15,16). The van der Waals surface area contributed by atoms with Crippen LogP contribution in [0.1, 0.15) is 19.3 Å². The zero-order valence-electron chi connectivity index (χ0n) is 10.7. The summed E-state index contributed by atoms with van der Waals surface area (Å²) in [5.74, 6) is 2.14. The Kier molecular flexibility index (Phi) is 3.82. The van der Waals surface area contributed by atoms with E-state index < -0.39 is 0 Å². The molecule has 1 aromatic rings. The van der Waals surface area contributed by atoms with Crippen molar-refractivity contribution in [2.24, 2.45) is 0 Å². The summed E-state index contributed by atoms with van der Waals surface area (Å²) >= 11 is 1.53. The molecule has 102 valence electrons. The van der Waals surface area contributed by atoms with Crippen molar-refractivity contribution >= 4 is 17.7 Å². The van der Waals surface area contributed by atoms with Crippen molar-refractivity contribution < 1.29 is 14.3 Å². The SMILES string of the molecule is O=C(CSc1ccc2c(c1)OCCCO2)NC1CC1. The number of nitrogens with one attached hydrogen (secondary N) is 1. The Bertz CT molecular complexity index is 474. The minimum absolute atomic E-state index is 0.111. The number of amides is 1. The van der Waals surface area contributed by atoms with Gasteiger partial charge in [0, 0.05) is 17.4 Å². The van der Waals surface area contributed by atoms with Crippen molar-refractivity contribution in [1.82, 2.24) is 5.32 Å². The van der Waals surface area contributed by atoms with E-state index in [4.69, 9.17) is 9.47 Å². The van der Waals surface area contributed by atoms with E-state index in [-0.39, 0.29) is 5.91 Å². The molecule has 1 aliphatic carbocycles. The summed E-state index contributed by atoms with van der Waals surface area (Å²) in [7, 11) is 0. The largest absolute Gasteiger partial charge is 0.490 e. The van der Waals surface area contributed by atoms with Crippen LogP contribution < -0.4 is 14.8 Å². The molecule has 1 aliphatic heterocycles. The molecule has 19 heavy (non-hydrogen) atoms. The van der Waals surface area contributed by atoms with Crippen molar-refractivity contribution in [3.8, 4) is 11.5 Å². The fraction of sp³-hybridized carbons (Fsp3) is 0.500. The predicted molar refractivity (Wildman–Crippen MR) is 73.9 cm³/mol. The summed E-state index contributed by atoms with van der Waals surface area (Å²) in [4.78, 5) is 12.7. The highest BCUT2D eigenvalue weighted by Gasteiger charge is 2.23. The fourth-order valence-electron chi connectivity index (χ4n) is 1.88. The number of carbonyl (C=O) groups excluding carboxylic acids is 1. The number of hydrogen-bond acceptors (Lipinski definition) is 4. The van der Waals surface area contributed by atoms with Gasteiger partial charge in [-0.05, 0) is 31.0 Å². The van der Waals surface area contributed by atoms with E-state index >= 15 is 0 Å². The van der Waals surface area contributed by atoms with Crippen LogP contribution in [-0.4, -0.2) is 30.9 Å². The molecule has 0 aromatic heterocycles. The minimum Gasteiger partial charge on any atom is -0.490 e. The van der Waals surface area contributed by atoms with Crippen molar-refractivity contribution in [3.05, 3.63) is 18.2 Å².